The molecule has 0 amide bonds. The molecular weight excluding hydrogens is 293 g/mol. The third-order valence-corrected chi connectivity index (χ3v) is 4.71. The summed E-state index contributed by atoms with van der Waals surface area (Å²) in [6.45, 7) is 4.99. The molecule has 0 unspecified atom stereocenters. The number of alkyl halides is 3. The topological polar surface area (TPSA) is 26.7 Å². The van der Waals surface area contributed by atoms with Gasteiger partial charge < -0.3 is 5.11 Å². The third-order valence-electron chi connectivity index (χ3n) is 4.71. The molecule has 2 heterocycles. The quantitative estimate of drug-likeness (QED) is 0.908. The number of benzene rings is 1. The van der Waals surface area contributed by atoms with Crippen LogP contribution in [-0.2, 0) is 12.7 Å². The van der Waals surface area contributed by atoms with Crippen molar-refractivity contribution in [2.45, 2.75) is 44.3 Å². The highest BCUT2D eigenvalue weighted by atomic mass is 19.4. The van der Waals surface area contributed by atoms with Crippen molar-refractivity contribution in [3.8, 4) is 0 Å². The molecule has 3 atom stereocenters. The zero-order chi connectivity index (χ0) is 15.9. The van der Waals surface area contributed by atoms with Gasteiger partial charge >= 0.3 is 6.18 Å². The molecule has 0 saturated carbocycles. The molecule has 1 aromatic carbocycles. The summed E-state index contributed by atoms with van der Waals surface area (Å²) in [5.74, 6) is 0. The van der Waals surface area contributed by atoms with E-state index in [1.165, 1.54) is 12.1 Å². The second-order valence-corrected chi connectivity index (χ2v) is 6.47. The Balaban J connectivity index is 1.70. The monoisotopic (exact) mass is 314 g/mol. The van der Waals surface area contributed by atoms with Crippen LogP contribution in [0.2, 0.25) is 0 Å². The summed E-state index contributed by atoms with van der Waals surface area (Å²) in [5.41, 5.74) is 0.0984. The fraction of sp³-hybridized carbons (Fsp3) is 0.625. The zero-order valence-corrected chi connectivity index (χ0v) is 12.6. The number of piperazine rings is 1. The normalized spacial score (nSPS) is 30.5. The Morgan fingerprint density at radius 3 is 2.73 bits per heavy atom. The average Bonchev–Trinajstić information content (AvgIpc) is 2.78. The molecule has 122 valence electrons. The number of aliphatic hydroxyl groups excluding tert-OH is 1. The third kappa shape index (κ3) is 3.29. The van der Waals surface area contributed by atoms with Crippen molar-refractivity contribution in [1.29, 1.82) is 0 Å². The molecule has 0 bridgehead atoms. The molecule has 0 aliphatic carbocycles. The Morgan fingerprint density at radius 2 is 2.00 bits per heavy atom. The standard InChI is InChI=1S/C16H21F3N2O/c1-11-7-21-10-15(22)6-14(21)9-20(11)8-12-3-2-4-13(5-12)16(17,18)19/h2-5,11,14-15,22H,6-10H2,1H3/t11-,14+,15-/m1/s1. The van der Waals surface area contributed by atoms with Crippen molar-refractivity contribution in [1.82, 2.24) is 9.80 Å². The number of hydrogen-bond acceptors (Lipinski definition) is 3. The predicted molar refractivity (Wildman–Crippen MR) is 77.3 cm³/mol. The molecule has 2 saturated heterocycles. The Hall–Kier alpha value is -1.11. The zero-order valence-electron chi connectivity index (χ0n) is 12.6. The van der Waals surface area contributed by atoms with Gasteiger partial charge in [0.2, 0.25) is 0 Å². The van der Waals surface area contributed by atoms with Crippen LogP contribution in [0.15, 0.2) is 24.3 Å². The summed E-state index contributed by atoms with van der Waals surface area (Å²) in [4.78, 5) is 4.51. The first-order valence-electron chi connectivity index (χ1n) is 7.65. The number of halogens is 3. The van der Waals surface area contributed by atoms with E-state index in [-0.39, 0.29) is 12.1 Å². The van der Waals surface area contributed by atoms with Crippen LogP contribution in [0.4, 0.5) is 13.2 Å². The van der Waals surface area contributed by atoms with Crippen LogP contribution in [0.5, 0.6) is 0 Å². The van der Waals surface area contributed by atoms with Gasteiger partial charge in [0, 0.05) is 38.3 Å². The molecule has 22 heavy (non-hydrogen) atoms. The van der Waals surface area contributed by atoms with Gasteiger partial charge in [-0.2, -0.15) is 13.2 Å². The van der Waals surface area contributed by atoms with Gasteiger partial charge in [-0.15, -0.1) is 0 Å². The first kappa shape index (κ1) is 15.8. The first-order valence-corrected chi connectivity index (χ1v) is 7.65. The van der Waals surface area contributed by atoms with Gasteiger partial charge in [0.1, 0.15) is 0 Å². The van der Waals surface area contributed by atoms with E-state index in [1.807, 2.05) is 0 Å². The van der Waals surface area contributed by atoms with Gasteiger partial charge in [-0.05, 0) is 25.0 Å². The van der Waals surface area contributed by atoms with Crippen molar-refractivity contribution < 1.29 is 18.3 Å². The molecule has 0 spiro atoms. The van der Waals surface area contributed by atoms with Gasteiger partial charge in [-0.25, -0.2) is 0 Å². The SMILES string of the molecule is C[C@@H]1CN2C[C@H](O)C[C@H]2CN1Cc1cccc(C(F)(F)F)c1. The number of rotatable bonds is 2. The molecule has 2 aliphatic heterocycles. The molecule has 3 rings (SSSR count). The molecule has 2 fully saturated rings. The first-order chi connectivity index (χ1) is 10.3. The van der Waals surface area contributed by atoms with Crippen LogP contribution in [0, 0.1) is 0 Å². The summed E-state index contributed by atoms with van der Waals surface area (Å²) >= 11 is 0. The Labute approximate surface area is 128 Å². The maximum Gasteiger partial charge on any atom is 0.416 e. The van der Waals surface area contributed by atoms with Gasteiger partial charge in [-0.1, -0.05) is 18.2 Å². The van der Waals surface area contributed by atoms with Crippen molar-refractivity contribution in [2.24, 2.45) is 0 Å². The largest absolute Gasteiger partial charge is 0.416 e. The van der Waals surface area contributed by atoms with Crippen LogP contribution in [0.25, 0.3) is 0 Å². The summed E-state index contributed by atoms with van der Waals surface area (Å²) < 4.78 is 38.4. The lowest BCUT2D eigenvalue weighted by Gasteiger charge is -2.42. The van der Waals surface area contributed by atoms with Gasteiger partial charge in [-0.3, -0.25) is 9.80 Å². The van der Waals surface area contributed by atoms with Crippen molar-refractivity contribution in [2.75, 3.05) is 19.6 Å². The van der Waals surface area contributed by atoms with Crippen LogP contribution in [0.3, 0.4) is 0 Å². The van der Waals surface area contributed by atoms with Crippen LogP contribution >= 0.6 is 0 Å². The molecule has 6 heteroatoms. The number of fused-ring (bicyclic) bond motifs is 1. The highest BCUT2D eigenvalue weighted by Crippen LogP contribution is 2.31. The Morgan fingerprint density at radius 1 is 1.23 bits per heavy atom. The lowest BCUT2D eigenvalue weighted by Crippen LogP contribution is -2.54. The van der Waals surface area contributed by atoms with Crippen molar-refractivity contribution in [3.63, 3.8) is 0 Å². The maximum absolute atomic E-state index is 12.8. The molecular formula is C16H21F3N2O. The number of nitrogens with zero attached hydrogens (tertiary/aromatic N) is 2. The van der Waals surface area contributed by atoms with E-state index in [2.05, 4.69) is 16.7 Å². The van der Waals surface area contributed by atoms with Crippen molar-refractivity contribution >= 4 is 0 Å². The Bertz CT molecular complexity index is 534. The second kappa shape index (κ2) is 5.83. The molecule has 1 N–H and O–H groups in total. The summed E-state index contributed by atoms with van der Waals surface area (Å²) in [7, 11) is 0. The smallest absolute Gasteiger partial charge is 0.392 e. The average molecular weight is 314 g/mol. The summed E-state index contributed by atoms with van der Waals surface area (Å²) in [5, 5.41) is 9.76. The van der Waals surface area contributed by atoms with Crippen LogP contribution in [-0.4, -0.2) is 52.7 Å². The van der Waals surface area contributed by atoms with E-state index in [4.69, 9.17) is 0 Å². The highest BCUT2D eigenvalue weighted by molar-refractivity contribution is 5.25. The minimum Gasteiger partial charge on any atom is -0.392 e. The number of aliphatic hydroxyl groups is 1. The van der Waals surface area contributed by atoms with E-state index >= 15 is 0 Å². The van der Waals surface area contributed by atoms with Crippen molar-refractivity contribution in [3.05, 3.63) is 35.4 Å². The lowest BCUT2D eigenvalue weighted by atomic mass is 10.0. The van der Waals surface area contributed by atoms with Crippen LogP contribution < -0.4 is 0 Å². The maximum atomic E-state index is 12.8. The van der Waals surface area contributed by atoms with Gasteiger partial charge in [0.05, 0.1) is 11.7 Å². The summed E-state index contributed by atoms with van der Waals surface area (Å²) in [6.07, 6.45) is -3.81. The summed E-state index contributed by atoms with van der Waals surface area (Å²) in [6, 6.07) is 6.16. The van der Waals surface area contributed by atoms with E-state index < -0.39 is 11.7 Å². The predicted octanol–water partition coefficient (Wildman–Crippen LogP) is 2.34. The molecule has 0 aromatic heterocycles. The lowest BCUT2D eigenvalue weighted by molar-refractivity contribution is -0.137. The van der Waals surface area contributed by atoms with E-state index in [9.17, 15) is 18.3 Å². The van der Waals surface area contributed by atoms with E-state index in [1.54, 1.807) is 6.07 Å². The molecule has 1 aromatic rings. The molecule has 0 radical (unpaired) electrons. The fourth-order valence-corrected chi connectivity index (χ4v) is 3.58. The van der Waals surface area contributed by atoms with Gasteiger partial charge in [0.25, 0.3) is 0 Å². The molecule has 2 aliphatic rings. The second-order valence-electron chi connectivity index (χ2n) is 6.47. The van der Waals surface area contributed by atoms with Gasteiger partial charge in [0.15, 0.2) is 0 Å². The minimum absolute atomic E-state index is 0.272. The van der Waals surface area contributed by atoms with E-state index in [0.717, 1.165) is 25.6 Å². The highest BCUT2D eigenvalue weighted by Gasteiger charge is 2.38. The van der Waals surface area contributed by atoms with Crippen LogP contribution in [0.1, 0.15) is 24.5 Å². The Kier molecular flexibility index (Phi) is 4.18. The number of hydrogen-bond donors (Lipinski definition) is 1. The molecule has 3 nitrogen and oxygen atoms in total. The van der Waals surface area contributed by atoms with E-state index in [0.29, 0.717) is 24.7 Å². The minimum atomic E-state index is -4.30. The fourth-order valence-electron chi connectivity index (χ4n) is 3.58.